The highest BCUT2D eigenvalue weighted by Crippen LogP contribution is 2.26. The Balaban J connectivity index is 2.39. The predicted octanol–water partition coefficient (Wildman–Crippen LogP) is 4.08. The number of sulfonamides is 1. The number of rotatable bonds is 8. The molecule has 0 heterocycles. The first-order valence-electron chi connectivity index (χ1n) is 11.7. The van der Waals surface area contributed by atoms with Crippen molar-refractivity contribution in [3.63, 3.8) is 0 Å². The van der Waals surface area contributed by atoms with Crippen LogP contribution in [0, 0.1) is 0 Å². The van der Waals surface area contributed by atoms with Crippen LogP contribution in [-0.2, 0) is 31.6 Å². The number of hydrogen-bond acceptors (Lipinski definition) is 4. The first-order chi connectivity index (χ1) is 16.0. The van der Waals surface area contributed by atoms with Gasteiger partial charge < -0.3 is 10.2 Å². The minimum atomic E-state index is -3.76. The molecule has 0 aliphatic rings. The average molecular weight is 502 g/mol. The quantitative estimate of drug-likeness (QED) is 0.590. The summed E-state index contributed by atoms with van der Waals surface area (Å²) in [6.07, 6.45) is 1.08. The number of anilines is 1. The van der Waals surface area contributed by atoms with Gasteiger partial charge in [-0.05, 0) is 56.4 Å². The van der Waals surface area contributed by atoms with E-state index in [9.17, 15) is 18.0 Å². The van der Waals surface area contributed by atoms with E-state index in [1.807, 2.05) is 63.2 Å². The first-order valence-corrected chi connectivity index (χ1v) is 13.6. The van der Waals surface area contributed by atoms with Crippen LogP contribution in [0.15, 0.2) is 54.6 Å². The van der Waals surface area contributed by atoms with Gasteiger partial charge in [0.1, 0.15) is 12.6 Å². The molecule has 0 aromatic heterocycles. The standard InChI is InChI=1S/C27H39N3O4S/c1-20(25(32)28-27(5,6)7)29(18-21-12-10-9-11-13-21)24(31)19-30(35(8,33)34)23-16-14-22(15-17-23)26(2,3)4/h9-17,20H,18-19H2,1-8H3,(H,28,32)/t20-/m0/s1. The predicted molar refractivity (Wildman–Crippen MR) is 142 cm³/mol. The van der Waals surface area contributed by atoms with Crippen LogP contribution in [-0.4, -0.2) is 49.5 Å². The molecule has 0 spiro atoms. The minimum absolute atomic E-state index is 0.0907. The molecule has 0 saturated heterocycles. The second-order valence-electron chi connectivity index (χ2n) is 11.0. The molecule has 2 rings (SSSR count). The van der Waals surface area contributed by atoms with Crippen LogP contribution < -0.4 is 9.62 Å². The minimum Gasteiger partial charge on any atom is -0.350 e. The molecule has 0 fully saturated rings. The summed E-state index contributed by atoms with van der Waals surface area (Å²) >= 11 is 0. The van der Waals surface area contributed by atoms with Crippen molar-refractivity contribution in [1.29, 1.82) is 0 Å². The molecule has 0 saturated carbocycles. The number of nitrogens with one attached hydrogen (secondary N) is 1. The molecule has 0 aliphatic heterocycles. The van der Waals surface area contributed by atoms with E-state index in [4.69, 9.17) is 0 Å². The van der Waals surface area contributed by atoms with Crippen LogP contribution in [0.4, 0.5) is 5.69 Å². The Hall–Kier alpha value is -2.87. The summed E-state index contributed by atoms with van der Waals surface area (Å²) in [4.78, 5) is 27.9. The fourth-order valence-corrected chi connectivity index (χ4v) is 4.43. The highest BCUT2D eigenvalue weighted by Gasteiger charge is 2.31. The molecule has 1 atom stereocenters. The second kappa shape index (κ2) is 10.8. The Morgan fingerprint density at radius 1 is 0.914 bits per heavy atom. The van der Waals surface area contributed by atoms with Gasteiger partial charge in [-0.25, -0.2) is 8.42 Å². The highest BCUT2D eigenvalue weighted by molar-refractivity contribution is 7.92. The molecular formula is C27H39N3O4S. The van der Waals surface area contributed by atoms with Crippen LogP contribution in [0.3, 0.4) is 0 Å². The number of nitrogens with zero attached hydrogens (tertiary/aromatic N) is 2. The molecule has 1 N–H and O–H groups in total. The van der Waals surface area contributed by atoms with Crippen molar-refractivity contribution in [3.05, 3.63) is 65.7 Å². The molecule has 2 aromatic rings. The largest absolute Gasteiger partial charge is 0.350 e. The Morgan fingerprint density at radius 3 is 1.91 bits per heavy atom. The Morgan fingerprint density at radius 2 is 1.46 bits per heavy atom. The zero-order chi connectivity index (χ0) is 26.6. The van der Waals surface area contributed by atoms with Gasteiger partial charge in [0.05, 0.1) is 11.9 Å². The summed E-state index contributed by atoms with van der Waals surface area (Å²) in [5.41, 5.74) is 1.74. The second-order valence-corrected chi connectivity index (χ2v) is 12.9. The van der Waals surface area contributed by atoms with Gasteiger partial charge in [0.15, 0.2) is 0 Å². The lowest BCUT2D eigenvalue weighted by Crippen LogP contribution is -2.54. The van der Waals surface area contributed by atoms with E-state index >= 15 is 0 Å². The smallest absolute Gasteiger partial charge is 0.244 e. The van der Waals surface area contributed by atoms with E-state index in [1.165, 1.54) is 4.90 Å². The molecule has 2 amide bonds. The van der Waals surface area contributed by atoms with Gasteiger partial charge in [0, 0.05) is 12.1 Å². The van der Waals surface area contributed by atoms with Crippen molar-refractivity contribution in [3.8, 4) is 0 Å². The van der Waals surface area contributed by atoms with Gasteiger partial charge in [-0.15, -0.1) is 0 Å². The Labute approximate surface area is 210 Å². The number of hydrogen-bond donors (Lipinski definition) is 1. The van der Waals surface area contributed by atoms with Crippen LogP contribution >= 0.6 is 0 Å². The van der Waals surface area contributed by atoms with Gasteiger partial charge in [-0.2, -0.15) is 0 Å². The van der Waals surface area contributed by atoms with Crippen molar-refractivity contribution >= 4 is 27.5 Å². The van der Waals surface area contributed by atoms with Gasteiger partial charge in [0.2, 0.25) is 21.8 Å². The van der Waals surface area contributed by atoms with Crippen molar-refractivity contribution in [2.75, 3.05) is 17.1 Å². The SMILES string of the molecule is C[C@@H](C(=O)NC(C)(C)C)N(Cc1ccccc1)C(=O)CN(c1ccc(C(C)(C)C)cc1)S(C)(=O)=O. The van der Waals surface area contributed by atoms with E-state index in [1.54, 1.807) is 19.1 Å². The lowest BCUT2D eigenvalue weighted by Gasteiger charge is -2.33. The summed E-state index contributed by atoms with van der Waals surface area (Å²) in [6, 6.07) is 15.7. The zero-order valence-electron chi connectivity index (χ0n) is 22.1. The van der Waals surface area contributed by atoms with Crippen molar-refractivity contribution in [1.82, 2.24) is 10.2 Å². The zero-order valence-corrected chi connectivity index (χ0v) is 22.9. The highest BCUT2D eigenvalue weighted by atomic mass is 32.2. The average Bonchev–Trinajstić information content (AvgIpc) is 2.73. The maximum Gasteiger partial charge on any atom is 0.244 e. The molecule has 0 aliphatic carbocycles. The van der Waals surface area contributed by atoms with E-state index in [0.717, 1.165) is 21.7 Å². The fraction of sp³-hybridized carbons (Fsp3) is 0.481. The van der Waals surface area contributed by atoms with Crippen molar-refractivity contribution in [2.45, 2.75) is 72.0 Å². The molecular weight excluding hydrogens is 462 g/mol. The summed E-state index contributed by atoms with van der Waals surface area (Å²) < 4.78 is 26.5. The number of amides is 2. The maximum atomic E-state index is 13.6. The monoisotopic (exact) mass is 501 g/mol. The van der Waals surface area contributed by atoms with E-state index in [2.05, 4.69) is 26.1 Å². The molecule has 8 heteroatoms. The lowest BCUT2D eigenvalue weighted by atomic mass is 9.87. The normalized spacial score (nSPS) is 13.1. The van der Waals surface area contributed by atoms with Crippen LogP contribution in [0.25, 0.3) is 0 Å². The van der Waals surface area contributed by atoms with Crippen molar-refractivity contribution in [2.24, 2.45) is 0 Å². The van der Waals surface area contributed by atoms with E-state index < -0.39 is 34.1 Å². The third kappa shape index (κ3) is 8.38. The summed E-state index contributed by atoms with van der Waals surface area (Å²) in [5.74, 6) is -0.766. The van der Waals surface area contributed by atoms with Gasteiger partial charge in [-0.1, -0.05) is 63.2 Å². The maximum absolute atomic E-state index is 13.6. The number of carbonyl (C=O) groups is 2. The van der Waals surface area contributed by atoms with Gasteiger partial charge in [-0.3, -0.25) is 13.9 Å². The van der Waals surface area contributed by atoms with E-state index in [-0.39, 0.29) is 17.9 Å². The molecule has 0 radical (unpaired) electrons. The Kier molecular flexibility index (Phi) is 8.76. The number of benzene rings is 2. The molecule has 192 valence electrons. The summed E-state index contributed by atoms with van der Waals surface area (Å²) in [6.45, 7) is 13.3. The summed E-state index contributed by atoms with van der Waals surface area (Å²) in [5, 5.41) is 2.91. The molecule has 0 bridgehead atoms. The third-order valence-electron chi connectivity index (χ3n) is 5.56. The first kappa shape index (κ1) is 28.4. The van der Waals surface area contributed by atoms with Crippen LogP contribution in [0.5, 0.6) is 0 Å². The lowest BCUT2D eigenvalue weighted by molar-refractivity contribution is -0.140. The fourth-order valence-electron chi connectivity index (χ4n) is 3.58. The van der Waals surface area contributed by atoms with E-state index in [0.29, 0.717) is 5.69 Å². The van der Waals surface area contributed by atoms with Crippen molar-refractivity contribution < 1.29 is 18.0 Å². The Bertz CT molecular complexity index is 1120. The molecule has 35 heavy (non-hydrogen) atoms. The van der Waals surface area contributed by atoms with Crippen LogP contribution in [0.1, 0.15) is 59.6 Å². The molecule has 2 aromatic carbocycles. The molecule has 7 nitrogen and oxygen atoms in total. The topological polar surface area (TPSA) is 86.8 Å². The van der Waals surface area contributed by atoms with Gasteiger partial charge in [0.25, 0.3) is 0 Å². The molecule has 0 unspecified atom stereocenters. The number of carbonyl (C=O) groups excluding carboxylic acids is 2. The third-order valence-corrected chi connectivity index (χ3v) is 6.70. The van der Waals surface area contributed by atoms with Crippen LogP contribution in [0.2, 0.25) is 0 Å². The van der Waals surface area contributed by atoms with Gasteiger partial charge >= 0.3 is 0 Å². The summed E-state index contributed by atoms with van der Waals surface area (Å²) in [7, 11) is -3.76.